The first-order valence-electron chi connectivity index (χ1n) is 7.07. The Bertz CT molecular complexity index is 116. The maximum absolute atomic E-state index is 5.38. The monoisotopic (exact) mass is 261 g/mol. The third kappa shape index (κ3) is 29.7. The van der Waals surface area contributed by atoms with Crippen LogP contribution in [0.15, 0.2) is 0 Å². The van der Waals surface area contributed by atoms with Gasteiger partial charge in [0.15, 0.2) is 0 Å². The molecule has 0 aliphatic carbocycles. The third-order valence-corrected chi connectivity index (χ3v) is 2.07. The Balaban J connectivity index is 0. The summed E-state index contributed by atoms with van der Waals surface area (Å²) in [6.07, 6.45) is 4.63. The zero-order chi connectivity index (χ0) is 14.1. The van der Waals surface area contributed by atoms with E-state index in [4.69, 9.17) is 11.5 Å². The number of nitrogens with one attached hydrogen (secondary N) is 2. The summed E-state index contributed by atoms with van der Waals surface area (Å²) in [7, 11) is 6.00. The van der Waals surface area contributed by atoms with Crippen molar-refractivity contribution in [2.75, 3.05) is 60.4 Å². The molecule has 6 N–H and O–H groups in total. The van der Waals surface area contributed by atoms with Crippen molar-refractivity contribution in [2.24, 2.45) is 11.5 Å². The summed E-state index contributed by atoms with van der Waals surface area (Å²) < 4.78 is 0. The molecule has 0 amide bonds. The zero-order valence-electron chi connectivity index (χ0n) is 12.7. The van der Waals surface area contributed by atoms with E-state index >= 15 is 0 Å². The average Bonchev–Trinajstić information content (AvgIpc) is 2.31. The normalized spacial score (nSPS) is 10.3. The van der Waals surface area contributed by atoms with Gasteiger partial charge in [-0.2, -0.15) is 0 Å². The second-order valence-corrected chi connectivity index (χ2v) is 4.83. The van der Waals surface area contributed by atoms with Crippen molar-refractivity contribution in [3.63, 3.8) is 0 Å². The van der Waals surface area contributed by atoms with Crippen LogP contribution < -0.4 is 22.1 Å². The first-order chi connectivity index (χ1) is 8.65. The Hall–Kier alpha value is -0.200. The van der Waals surface area contributed by atoms with Crippen LogP contribution >= 0.6 is 0 Å². The average molecular weight is 261 g/mol. The Labute approximate surface area is 114 Å². The number of hydrogen-bond donors (Lipinski definition) is 4. The predicted molar refractivity (Wildman–Crippen MR) is 81.9 cm³/mol. The van der Waals surface area contributed by atoms with Crippen LogP contribution in [0.2, 0.25) is 0 Å². The first kappa shape index (κ1) is 20.1. The molecule has 18 heavy (non-hydrogen) atoms. The highest BCUT2D eigenvalue weighted by Crippen LogP contribution is 1.84. The van der Waals surface area contributed by atoms with Crippen LogP contribution in [0.25, 0.3) is 0 Å². The summed E-state index contributed by atoms with van der Waals surface area (Å²) in [4.78, 5) is 2.00. The standard InChI is InChI=1S/C10H26N4.C3H9N/c11-5-3-9-13-7-1-2-8-14-10-4-6-12;1-4(2)3/h13-14H,1-12H2;1-3H3. The van der Waals surface area contributed by atoms with Crippen LogP contribution in [0.3, 0.4) is 0 Å². The second kappa shape index (κ2) is 19.1. The van der Waals surface area contributed by atoms with Gasteiger partial charge in [-0.3, -0.25) is 0 Å². The summed E-state index contributed by atoms with van der Waals surface area (Å²) in [6, 6.07) is 0. The molecule has 0 aromatic heterocycles. The first-order valence-corrected chi connectivity index (χ1v) is 7.07. The molecule has 0 radical (unpaired) electrons. The van der Waals surface area contributed by atoms with Crippen molar-refractivity contribution < 1.29 is 0 Å². The molecule has 0 aromatic carbocycles. The molecule has 0 aliphatic heterocycles. The van der Waals surface area contributed by atoms with Gasteiger partial charge in [-0.15, -0.1) is 0 Å². The lowest BCUT2D eigenvalue weighted by Gasteiger charge is -2.04. The third-order valence-electron chi connectivity index (χ3n) is 2.07. The van der Waals surface area contributed by atoms with Crippen LogP contribution in [-0.2, 0) is 0 Å². The van der Waals surface area contributed by atoms with Gasteiger partial charge in [0, 0.05) is 0 Å². The quantitative estimate of drug-likeness (QED) is 0.388. The fraction of sp³-hybridized carbons (Fsp3) is 1.00. The molecule has 112 valence electrons. The molecular weight excluding hydrogens is 226 g/mol. The minimum atomic E-state index is 0.785. The summed E-state index contributed by atoms with van der Waals surface area (Å²) in [6.45, 7) is 5.90. The topological polar surface area (TPSA) is 79.3 Å². The number of unbranched alkanes of at least 4 members (excludes halogenated alkanes) is 1. The Morgan fingerprint density at radius 1 is 0.667 bits per heavy atom. The molecule has 0 saturated carbocycles. The van der Waals surface area contributed by atoms with Crippen molar-refractivity contribution in [3.8, 4) is 0 Å². The Morgan fingerprint density at radius 3 is 1.22 bits per heavy atom. The van der Waals surface area contributed by atoms with Crippen molar-refractivity contribution in [1.82, 2.24) is 15.5 Å². The maximum Gasteiger partial charge on any atom is -0.00369 e. The lowest BCUT2D eigenvalue weighted by molar-refractivity contribution is 0.505. The van der Waals surface area contributed by atoms with E-state index in [0.717, 1.165) is 52.1 Å². The molecule has 0 aromatic rings. The minimum Gasteiger partial charge on any atom is -0.330 e. The van der Waals surface area contributed by atoms with Crippen LogP contribution in [0.1, 0.15) is 25.7 Å². The van der Waals surface area contributed by atoms with Crippen LogP contribution in [0.4, 0.5) is 0 Å². The highest BCUT2D eigenvalue weighted by Gasteiger charge is 1.89. The molecular formula is C13H35N5. The van der Waals surface area contributed by atoms with E-state index in [0.29, 0.717) is 0 Å². The fourth-order valence-corrected chi connectivity index (χ4v) is 1.20. The van der Waals surface area contributed by atoms with Gasteiger partial charge in [-0.05, 0) is 86.1 Å². The molecule has 0 rings (SSSR count). The molecule has 0 fully saturated rings. The Kier molecular flexibility index (Phi) is 21.4. The summed E-state index contributed by atoms with van der Waals surface area (Å²) >= 11 is 0. The molecule has 5 heteroatoms. The minimum absolute atomic E-state index is 0.785. The van der Waals surface area contributed by atoms with Gasteiger partial charge < -0.3 is 27.0 Å². The lowest BCUT2D eigenvalue weighted by atomic mass is 10.3. The van der Waals surface area contributed by atoms with Gasteiger partial charge in [0.25, 0.3) is 0 Å². The van der Waals surface area contributed by atoms with E-state index in [2.05, 4.69) is 10.6 Å². The molecule has 0 heterocycles. The van der Waals surface area contributed by atoms with E-state index in [9.17, 15) is 0 Å². The van der Waals surface area contributed by atoms with Crippen LogP contribution in [0.5, 0.6) is 0 Å². The zero-order valence-corrected chi connectivity index (χ0v) is 12.7. The molecule has 0 saturated heterocycles. The van der Waals surface area contributed by atoms with Gasteiger partial charge in [-0.25, -0.2) is 0 Å². The van der Waals surface area contributed by atoms with Crippen molar-refractivity contribution >= 4 is 0 Å². The van der Waals surface area contributed by atoms with Crippen molar-refractivity contribution in [2.45, 2.75) is 25.7 Å². The molecule has 5 nitrogen and oxygen atoms in total. The van der Waals surface area contributed by atoms with E-state index in [-0.39, 0.29) is 0 Å². The lowest BCUT2D eigenvalue weighted by Crippen LogP contribution is -2.22. The van der Waals surface area contributed by atoms with E-state index in [1.165, 1.54) is 12.8 Å². The SMILES string of the molecule is CN(C)C.NCCCNCCCCNCCCN. The summed E-state index contributed by atoms with van der Waals surface area (Å²) in [5.41, 5.74) is 10.8. The summed E-state index contributed by atoms with van der Waals surface area (Å²) in [5, 5.41) is 6.72. The molecule has 0 spiro atoms. The van der Waals surface area contributed by atoms with Crippen LogP contribution in [-0.4, -0.2) is 65.3 Å². The highest BCUT2D eigenvalue weighted by atomic mass is 15.0. The van der Waals surface area contributed by atoms with Gasteiger partial charge in [0.2, 0.25) is 0 Å². The number of nitrogens with zero attached hydrogens (tertiary/aromatic N) is 1. The molecule has 0 unspecified atom stereocenters. The smallest absolute Gasteiger partial charge is 0.00369 e. The van der Waals surface area contributed by atoms with Crippen molar-refractivity contribution in [3.05, 3.63) is 0 Å². The van der Waals surface area contributed by atoms with Gasteiger partial charge in [-0.1, -0.05) is 0 Å². The van der Waals surface area contributed by atoms with Gasteiger partial charge >= 0.3 is 0 Å². The van der Waals surface area contributed by atoms with E-state index < -0.39 is 0 Å². The second-order valence-electron chi connectivity index (χ2n) is 4.83. The van der Waals surface area contributed by atoms with Crippen molar-refractivity contribution in [1.29, 1.82) is 0 Å². The summed E-state index contributed by atoms with van der Waals surface area (Å²) in [5.74, 6) is 0. The number of nitrogens with two attached hydrogens (primary N) is 2. The molecule has 0 atom stereocenters. The van der Waals surface area contributed by atoms with Gasteiger partial charge in [0.1, 0.15) is 0 Å². The van der Waals surface area contributed by atoms with E-state index in [1.54, 1.807) is 0 Å². The maximum atomic E-state index is 5.38. The van der Waals surface area contributed by atoms with Crippen LogP contribution in [0, 0.1) is 0 Å². The highest BCUT2D eigenvalue weighted by molar-refractivity contribution is 4.52. The Morgan fingerprint density at radius 2 is 0.944 bits per heavy atom. The fourth-order valence-electron chi connectivity index (χ4n) is 1.20. The number of rotatable bonds is 11. The predicted octanol–water partition coefficient (Wildman–Crippen LogP) is -0.179. The molecule has 0 bridgehead atoms. The van der Waals surface area contributed by atoms with E-state index in [1.807, 2.05) is 26.0 Å². The largest absolute Gasteiger partial charge is 0.330 e. The molecule has 0 aliphatic rings. The van der Waals surface area contributed by atoms with Gasteiger partial charge in [0.05, 0.1) is 0 Å². The number of hydrogen-bond acceptors (Lipinski definition) is 5.